The second-order valence-corrected chi connectivity index (χ2v) is 4.76. The summed E-state index contributed by atoms with van der Waals surface area (Å²) in [5.74, 6) is 0. The zero-order chi connectivity index (χ0) is 12.6. The molecule has 0 nitrogen and oxygen atoms in total. The molecule has 0 spiro atoms. The Morgan fingerprint density at radius 2 is 1.24 bits per heavy atom. The van der Waals surface area contributed by atoms with E-state index in [0.717, 1.165) is 6.42 Å². The first-order valence-electron chi connectivity index (χ1n) is 7.52. The molecule has 0 aliphatic heterocycles. The number of allylic oxidation sites excluding steroid dienone is 4. The fraction of sp³-hybridized carbons (Fsp3) is 0.706. The molecule has 0 unspecified atom stereocenters. The largest absolute Gasteiger partial charge is 0.0846 e. The van der Waals surface area contributed by atoms with Crippen LogP contribution >= 0.6 is 0 Å². The summed E-state index contributed by atoms with van der Waals surface area (Å²) in [6.45, 7) is 6.08. The van der Waals surface area contributed by atoms with E-state index in [1.807, 2.05) is 0 Å². The molecule has 0 bridgehead atoms. The molecule has 0 amide bonds. The van der Waals surface area contributed by atoms with E-state index < -0.39 is 0 Å². The van der Waals surface area contributed by atoms with Gasteiger partial charge < -0.3 is 0 Å². The lowest BCUT2D eigenvalue weighted by atomic mass is 10.1. The fourth-order valence-electron chi connectivity index (χ4n) is 1.84. The smallest absolute Gasteiger partial charge is 0.0348 e. The Kier molecular flexibility index (Phi) is 15.0. The van der Waals surface area contributed by atoms with Crippen LogP contribution in [0.2, 0.25) is 0 Å². The number of rotatable bonds is 12. The van der Waals surface area contributed by atoms with Gasteiger partial charge in [-0.05, 0) is 19.3 Å². The lowest BCUT2D eigenvalue weighted by molar-refractivity contribution is 0.583. The third-order valence-corrected chi connectivity index (χ3v) is 2.96. The van der Waals surface area contributed by atoms with Crippen LogP contribution in [0, 0.1) is 6.92 Å². The zero-order valence-electron chi connectivity index (χ0n) is 11.8. The second kappa shape index (κ2) is 15.5. The Morgan fingerprint density at radius 3 is 1.82 bits per heavy atom. The van der Waals surface area contributed by atoms with Gasteiger partial charge in [-0.2, -0.15) is 0 Å². The highest BCUT2D eigenvalue weighted by Crippen LogP contribution is 2.09. The van der Waals surface area contributed by atoms with Crippen molar-refractivity contribution in [3.63, 3.8) is 0 Å². The van der Waals surface area contributed by atoms with Gasteiger partial charge in [0.1, 0.15) is 0 Å². The van der Waals surface area contributed by atoms with Crippen LogP contribution in [0.5, 0.6) is 0 Å². The van der Waals surface area contributed by atoms with E-state index in [2.05, 4.69) is 38.2 Å². The first kappa shape index (κ1) is 16.5. The first-order valence-corrected chi connectivity index (χ1v) is 7.52. The van der Waals surface area contributed by atoms with Crippen LogP contribution in [0.25, 0.3) is 0 Å². The third-order valence-electron chi connectivity index (χ3n) is 2.96. The molecule has 17 heavy (non-hydrogen) atoms. The SMILES string of the molecule is [CH2]CCCCCCCCC/C=C/C=C/CCC. The molecular formula is C17H31. The predicted octanol–water partition coefficient (Wildman–Crippen LogP) is 6.24. The molecule has 0 aliphatic carbocycles. The van der Waals surface area contributed by atoms with Gasteiger partial charge in [-0.3, -0.25) is 0 Å². The summed E-state index contributed by atoms with van der Waals surface area (Å²) in [6, 6.07) is 0. The van der Waals surface area contributed by atoms with Gasteiger partial charge in [-0.15, -0.1) is 0 Å². The van der Waals surface area contributed by atoms with Gasteiger partial charge in [0.25, 0.3) is 0 Å². The molecule has 0 heteroatoms. The Bertz CT molecular complexity index is 176. The van der Waals surface area contributed by atoms with E-state index >= 15 is 0 Å². The summed E-state index contributed by atoms with van der Waals surface area (Å²) < 4.78 is 0. The van der Waals surface area contributed by atoms with E-state index in [-0.39, 0.29) is 0 Å². The quantitative estimate of drug-likeness (QED) is 0.277. The van der Waals surface area contributed by atoms with Gasteiger partial charge in [-0.25, -0.2) is 0 Å². The Morgan fingerprint density at radius 1 is 0.706 bits per heavy atom. The van der Waals surface area contributed by atoms with Crippen LogP contribution < -0.4 is 0 Å². The summed E-state index contributed by atoms with van der Waals surface area (Å²) in [5.41, 5.74) is 0. The molecule has 99 valence electrons. The van der Waals surface area contributed by atoms with E-state index in [4.69, 9.17) is 0 Å². The van der Waals surface area contributed by atoms with Crippen LogP contribution in [0.4, 0.5) is 0 Å². The molecule has 0 saturated heterocycles. The lowest BCUT2D eigenvalue weighted by Crippen LogP contribution is -1.79. The van der Waals surface area contributed by atoms with E-state index in [0.29, 0.717) is 0 Å². The molecule has 0 aromatic rings. The number of hydrogen-bond donors (Lipinski definition) is 0. The monoisotopic (exact) mass is 235 g/mol. The summed E-state index contributed by atoms with van der Waals surface area (Å²) in [6.07, 6.45) is 23.4. The highest BCUT2D eigenvalue weighted by Gasteiger charge is 1.89. The van der Waals surface area contributed by atoms with E-state index in [1.54, 1.807) is 0 Å². The topological polar surface area (TPSA) is 0 Å². The van der Waals surface area contributed by atoms with Crippen LogP contribution in [0.1, 0.15) is 77.6 Å². The van der Waals surface area contributed by atoms with Crippen molar-refractivity contribution in [3.8, 4) is 0 Å². The van der Waals surface area contributed by atoms with Crippen LogP contribution in [0.15, 0.2) is 24.3 Å². The standard InChI is InChI=1S/C17H31/c1-3-5-7-9-11-13-15-17-16-14-12-10-8-6-4-2/h8,10,12,14H,1,3-7,9,11,13,15-17H2,2H3/b10-8+,14-12+. The maximum atomic E-state index is 3.87. The molecule has 0 N–H and O–H groups in total. The summed E-state index contributed by atoms with van der Waals surface area (Å²) in [7, 11) is 0. The summed E-state index contributed by atoms with van der Waals surface area (Å²) in [4.78, 5) is 0. The van der Waals surface area contributed by atoms with Gasteiger partial charge in [0.15, 0.2) is 0 Å². The van der Waals surface area contributed by atoms with Gasteiger partial charge in [0.2, 0.25) is 0 Å². The lowest BCUT2D eigenvalue weighted by Gasteiger charge is -1.99. The molecule has 0 saturated carbocycles. The molecule has 0 aliphatic rings. The Balaban J connectivity index is 3.07. The molecule has 0 aromatic carbocycles. The van der Waals surface area contributed by atoms with Crippen LogP contribution in [-0.4, -0.2) is 0 Å². The van der Waals surface area contributed by atoms with Gasteiger partial charge in [0, 0.05) is 0 Å². The Labute approximate surface area is 109 Å². The van der Waals surface area contributed by atoms with Crippen molar-refractivity contribution in [3.05, 3.63) is 31.2 Å². The third kappa shape index (κ3) is 15.5. The van der Waals surface area contributed by atoms with Crippen molar-refractivity contribution in [1.29, 1.82) is 0 Å². The molecule has 0 rings (SSSR count). The van der Waals surface area contributed by atoms with Crippen LogP contribution in [-0.2, 0) is 0 Å². The molecule has 0 atom stereocenters. The van der Waals surface area contributed by atoms with Crippen molar-refractivity contribution in [1.82, 2.24) is 0 Å². The molecule has 0 aromatic heterocycles. The normalized spacial score (nSPS) is 11.9. The molecule has 0 fully saturated rings. The van der Waals surface area contributed by atoms with Gasteiger partial charge >= 0.3 is 0 Å². The maximum Gasteiger partial charge on any atom is -0.0348 e. The van der Waals surface area contributed by atoms with E-state index in [9.17, 15) is 0 Å². The fourth-order valence-corrected chi connectivity index (χ4v) is 1.84. The zero-order valence-corrected chi connectivity index (χ0v) is 11.8. The number of hydrogen-bond acceptors (Lipinski definition) is 0. The van der Waals surface area contributed by atoms with Crippen molar-refractivity contribution in [2.45, 2.75) is 77.6 Å². The van der Waals surface area contributed by atoms with Gasteiger partial charge in [-0.1, -0.05) is 89.5 Å². The van der Waals surface area contributed by atoms with Crippen LogP contribution in [0.3, 0.4) is 0 Å². The summed E-state index contributed by atoms with van der Waals surface area (Å²) >= 11 is 0. The minimum Gasteiger partial charge on any atom is -0.0846 e. The van der Waals surface area contributed by atoms with Crippen molar-refractivity contribution >= 4 is 0 Å². The van der Waals surface area contributed by atoms with Crippen molar-refractivity contribution < 1.29 is 0 Å². The first-order chi connectivity index (χ1) is 8.41. The molecule has 0 heterocycles. The molecule has 1 radical (unpaired) electrons. The average Bonchev–Trinajstić information content (AvgIpc) is 2.35. The van der Waals surface area contributed by atoms with Crippen molar-refractivity contribution in [2.75, 3.05) is 0 Å². The second-order valence-electron chi connectivity index (χ2n) is 4.76. The minimum absolute atomic E-state index is 1.11. The highest BCUT2D eigenvalue weighted by molar-refractivity contribution is 5.02. The molecular weight excluding hydrogens is 204 g/mol. The Hall–Kier alpha value is -0.520. The summed E-state index contributed by atoms with van der Waals surface area (Å²) in [5, 5.41) is 0. The van der Waals surface area contributed by atoms with Gasteiger partial charge in [0.05, 0.1) is 0 Å². The highest BCUT2D eigenvalue weighted by atomic mass is 14.0. The minimum atomic E-state index is 1.11. The van der Waals surface area contributed by atoms with Crippen molar-refractivity contribution in [2.24, 2.45) is 0 Å². The van der Waals surface area contributed by atoms with E-state index in [1.165, 1.54) is 64.2 Å². The maximum absolute atomic E-state index is 3.87. The predicted molar refractivity (Wildman–Crippen MR) is 80.1 cm³/mol. The average molecular weight is 235 g/mol. The number of unbranched alkanes of at least 4 members (excludes halogenated alkanes) is 9.